The number of rotatable bonds is 7. The van der Waals surface area contributed by atoms with Gasteiger partial charge < -0.3 is 10.7 Å². The average Bonchev–Trinajstić information content (AvgIpc) is 2.43. The highest BCUT2D eigenvalue weighted by molar-refractivity contribution is 7.89. The van der Waals surface area contributed by atoms with Gasteiger partial charge in [0.15, 0.2) is 0 Å². The number of pyridine rings is 1. The van der Waals surface area contributed by atoms with E-state index in [9.17, 15) is 13.2 Å². The minimum Gasteiger partial charge on any atom is -0.355 e. The van der Waals surface area contributed by atoms with Crippen LogP contribution in [0.25, 0.3) is 0 Å². The van der Waals surface area contributed by atoms with E-state index in [0.717, 1.165) is 0 Å². The predicted molar refractivity (Wildman–Crippen MR) is 75.1 cm³/mol. The van der Waals surface area contributed by atoms with Gasteiger partial charge in [-0.3, -0.25) is 4.79 Å². The van der Waals surface area contributed by atoms with Crippen molar-refractivity contribution in [3.63, 3.8) is 0 Å². The van der Waals surface area contributed by atoms with Crippen molar-refractivity contribution in [2.75, 3.05) is 18.5 Å². The average molecular weight is 301 g/mol. The molecule has 112 valence electrons. The van der Waals surface area contributed by atoms with Crippen LogP contribution in [0.1, 0.15) is 13.8 Å². The molecule has 0 aliphatic heterocycles. The molecule has 0 saturated carbocycles. The van der Waals surface area contributed by atoms with Crippen molar-refractivity contribution in [1.82, 2.24) is 15.0 Å². The summed E-state index contributed by atoms with van der Waals surface area (Å²) in [6.07, 6.45) is 1.31. The molecule has 0 spiro atoms. The maximum absolute atomic E-state index is 12.0. The van der Waals surface area contributed by atoms with Gasteiger partial charge in [0.2, 0.25) is 15.9 Å². The summed E-state index contributed by atoms with van der Waals surface area (Å²) in [6, 6.07) is 2.59. The predicted octanol–water partition coefficient (Wildman–Crippen LogP) is -0.582. The molecule has 0 aliphatic carbocycles. The van der Waals surface area contributed by atoms with Gasteiger partial charge in [-0.05, 0) is 12.0 Å². The van der Waals surface area contributed by atoms with Crippen LogP contribution in [0, 0.1) is 5.92 Å². The standard InChI is InChI=1S/C11H19N5O3S/c1-8(2)6-14-11(17)7-15-20(18,19)9-3-4-13-10(5-9)16-12/h3-5,8,15H,6-7,12H2,1-2H3,(H,13,16)(H,14,17). The number of nitrogens with two attached hydrogens (primary N) is 1. The van der Waals surface area contributed by atoms with Crippen molar-refractivity contribution in [1.29, 1.82) is 0 Å². The van der Waals surface area contributed by atoms with Crippen LogP contribution in [0.15, 0.2) is 23.2 Å². The van der Waals surface area contributed by atoms with E-state index in [-0.39, 0.29) is 23.2 Å². The Morgan fingerprint density at radius 3 is 2.75 bits per heavy atom. The highest BCUT2D eigenvalue weighted by atomic mass is 32.2. The second-order valence-corrected chi connectivity index (χ2v) is 6.31. The van der Waals surface area contributed by atoms with Gasteiger partial charge in [-0.25, -0.2) is 24.0 Å². The molecule has 1 aromatic rings. The van der Waals surface area contributed by atoms with Crippen molar-refractivity contribution in [3.8, 4) is 0 Å². The highest BCUT2D eigenvalue weighted by Crippen LogP contribution is 2.11. The largest absolute Gasteiger partial charge is 0.355 e. The van der Waals surface area contributed by atoms with E-state index in [1.807, 2.05) is 13.8 Å². The van der Waals surface area contributed by atoms with Crippen molar-refractivity contribution >= 4 is 21.7 Å². The summed E-state index contributed by atoms with van der Waals surface area (Å²) < 4.78 is 26.1. The lowest BCUT2D eigenvalue weighted by Gasteiger charge is -2.09. The van der Waals surface area contributed by atoms with E-state index >= 15 is 0 Å². The monoisotopic (exact) mass is 301 g/mol. The minimum absolute atomic E-state index is 0.0166. The molecule has 0 aliphatic rings. The number of nitrogens with one attached hydrogen (secondary N) is 3. The van der Waals surface area contributed by atoms with Gasteiger partial charge in [-0.15, -0.1) is 0 Å². The third kappa shape index (κ3) is 5.11. The molecule has 9 heteroatoms. The fraction of sp³-hybridized carbons (Fsp3) is 0.455. The number of hydrogen-bond acceptors (Lipinski definition) is 6. The number of amides is 1. The van der Waals surface area contributed by atoms with E-state index in [1.165, 1.54) is 18.3 Å². The number of hydrazine groups is 1. The van der Waals surface area contributed by atoms with E-state index in [1.54, 1.807) is 0 Å². The first-order chi connectivity index (χ1) is 9.35. The lowest BCUT2D eigenvalue weighted by Crippen LogP contribution is -2.38. The van der Waals surface area contributed by atoms with Crippen LogP contribution in [0.4, 0.5) is 5.82 Å². The van der Waals surface area contributed by atoms with E-state index in [2.05, 4.69) is 20.4 Å². The quantitative estimate of drug-likeness (QED) is 0.394. The molecule has 1 amide bonds. The Morgan fingerprint density at radius 1 is 1.45 bits per heavy atom. The number of hydrogen-bond donors (Lipinski definition) is 4. The molecule has 0 bridgehead atoms. The SMILES string of the molecule is CC(C)CNC(=O)CNS(=O)(=O)c1ccnc(NN)c1. The highest BCUT2D eigenvalue weighted by Gasteiger charge is 2.16. The van der Waals surface area contributed by atoms with Gasteiger partial charge in [0.25, 0.3) is 0 Å². The van der Waals surface area contributed by atoms with E-state index in [4.69, 9.17) is 5.84 Å². The third-order valence-electron chi connectivity index (χ3n) is 2.32. The maximum Gasteiger partial charge on any atom is 0.241 e. The van der Waals surface area contributed by atoms with Gasteiger partial charge in [0.1, 0.15) is 5.82 Å². The molecule has 0 unspecified atom stereocenters. The van der Waals surface area contributed by atoms with Gasteiger partial charge in [-0.1, -0.05) is 13.8 Å². The molecular weight excluding hydrogens is 282 g/mol. The lowest BCUT2D eigenvalue weighted by molar-refractivity contribution is -0.120. The molecule has 0 aromatic carbocycles. The van der Waals surface area contributed by atoms with Crippen LogP contribution in [0.2, 0.25) is 0 Å². The van der Waals surface area contributed by atoms with Crippen LogP contribution in [0.3, 0.4) is 0 Å². The zero-order valence-electron chi connectivity index (χ0n) is 11.4. The molecule has 1 aromatic heterocycles. The number of aromatic nitrogens is 1. The molecule has 0 saturated heterocycles. The summed E-state index contributed by atoms with van der Waals surface area (Å²) in [5.74, 6) is 5.30. The molecule has 1 rings (SSSR count). The first-order valence-corrected chi connectivity index (χ1v) is 7.52. The second kappa shape index (κ2) is 7.17. The fourth-order valence-corrected chi connectivity index (χ4v) is 2.28. The van der Waals surface area contributed by atoms with Gasteiger partial charge in [-0.2, -0.15) is 0 Å². The number of carbonyl (C=O) groups is 1. The smallest absolute Gasteiger partial charge is 0.241 e. The summed E-state index contributed by atoms with van der Waals surface area (Å²) in [4.78, 5) is 15.3. The van der Waals surface area contributed by atoms with E-state index in [0.29, 0.717) is 12.5 Å². The van der Waals surface area contributed by atoms with Gasteiger partial charge >= 0.3 is 0 Å². The first-order valence-electron chi connectivity index (χ1n) is 6.04. The number of sulfonamides is 1. The Morgan fingerprint density at radius 2 is 2.15 bits per heavy atom. The van der Waals surface area contributed by atoms with E-state index < -0.39 is 10.0 Å². The van der Waals surface area contributed by atoms with Crippen molar-refractivity contribution < 1.29 is 13.2 Å². The molecule has 20 heavy (non-hydrogen) atoms. The Balaban J connectivity index is 2.63. The Bertz CT molecular complexity index is 559. The molecule has 8 nitrogen and oxygen atoms in total. The zero-order chi connectivity index (χ0) is 15.2. The molecule has 5 N–H and O–H groups in total. The lowest BCUT2D eigenvalue weighted by atomic mass is 10.2. The van der Waals surface area contributed by atoms with Crippen molar-refractivity contribution in [3.05, 3.63) is 18.3 Å². The number of carbonyl (C=O) groups excluding carboxylic acids is 1. The Hall–Kier alpha value is -1.71. The summed E-state index contributed by atoms with van der Waals surface area (Å²) >= 11 is 0. The van der Waals surface area contributed by atoms with Gasteiger partial charge in [0.05, 0.1) is 11.4 Å². The number of nitrogen functional groups attached to an aromatic ring is 1. The van der Waals surface area contributed by atoms with Crippen LogP contribution >= 0.6 is 0 Å². The molecule has 0 atom stereocenters. The van der Waals surface area contributed by atoms with Gasteiger partial charge in [0, 0.05) is 18.8 Å². The summed E-state index contributed by atoms with van der Waals surface area (Å²) in [5, 5.41) is 2.62. The maximum atomic E-state index is 12.0. The second-order valence-electron chi connectivity index (χ2n) is 4.54. The molecule has 1 heterocycles. The van der Waals surface area contributed by atoms with Crippen molar-refractivity contribution in [2.24, 2.45) is 11.8 Å². The Kier molecular flexibility index (Phi) is 5.86. The summed E-state index contributed by atoms with van der Waals surface area (Å²) in [7, 11) is -3.77. The van der Waals surface area contributed by atoms with Crippen molar-refractivity contribution in [2.45, 2.75) is 18.7 Å². The normalized spacial score (nSPS) is 11.4. The van der Waals surface area contributed by atoms with Crippen LogP contribution in [0.5, 0.6) is 0 Å². The third-order valence-corrected chi connectivity index (χ3v) is 3.72. The van der Waals surface area contributed by atoms with Crippen LogP contribution in [-0.4, -0.2) is 32.4 Å². The summed E-state index contributed by atoms with van der Waals surface area (Å²) in [6.45, 7) is 4.07. The number of anilines is 1. The fourth-order valence-electron chi connectivity index (χ4n) is 1.28. The number of nitrogens with zero attached hydrogens (tertiary/aromatic N) is 1. The topological polar surface area (TPSA) is 126 Å². The molecule has 0 radical (unpaired) electrons. The molecule has 0 fully saturated rings. The first kappa shape index (κ1) is 16.3. The van der Waals surface area contributed by atoms with Crippen LogP contribution < -0.4 is 21.3 Å². The minimum atomic E-state index is -3.77. The Labute approximate surface area is 118 Å². The summed E-state index contributed by atoms with van der Waals surface area (Å²) in [5.41, 5.74) is 2.25. The molecular formula is C11H19N5O3S. The van der Waals surface area contributed by atoms with Crippen LogP contribution in [-0.2, 0) is 14.8 Å². The zero-order valence-corrected chi connectivity index (χ0v) is 12.2.